The number of ether oxygens (including phenoxy) is 2. The van der Waals surface area contributed by atoms with E-state index in [2.05, 4.69) is 16.0 Å². The van der Waals surface area contributed by atoms with Gasteiger partial charge in [-0.2, -0.15) is 0 Å². The van der Waals surface area contributed by atoms with Crippen molar-refractivity contribution in [3.63, 3.8) is 0 Å². The normalized spacial score (nSPS) is 16.7. The molecule has 0 saturated carbocycles. The van der Waals surface area contributed by atoms with Crippen LogP contribution in [0.1, 0.15) is 59.9 Å². The van der Waals surface area contributed by atoms with Crippen molar-refractivity contribution < 1.29 is 43.0 Å². The molecule has 0 spiro atoms. The second kappa shape index (κ2) is 18.6. The van der Waals surface area contributed by atoms with Crippen molar-refractivity contribution >= 4 is 41.5 Å². The highest BCUT2D eigenvalue weighted by Gasteiger charge is 2.41. The molecule has 2 rings (SSSR count). The summed E-state index contributed by atoms with van der Waals surface area (Å²) in [6, 6.07) is 3.47. The summed E-state index contributed by atoms with van der Waals surface area (Å²) in [6.07, 6.45) is 0.238. The molecule has 1 aliphatic heterocycles. The largest absolute Gasteiger partial charge is 0.465 e. The van der Waals surface area contributed by atoms with Gasteiger partial charge >= 0.3 is 12.1 Å². The highest BCUT2D eigenvalue weighted by Crippen LogP contribution is 2.20. The van der Waals surface area contributed by atoms with Crippen molar-refractivity contribution in [2.75, 3.05) is 26.2 Å². The monoisotopic (exact) mass is 660 g/mol. The van der Waals surface area contributed by atoms with E-state index in [0.717, 1.165) is 10.5 Å². The van der Waals surface area contributed by atoms with E-state index in [1.165, 1.54) is 25.7 Å². The molecule has 1 aliphatic rings. The Morgan fingerprint density at radius 1 is 0.957 bits per heavy atom. The van der Waals surface area contributed by atoms with Crippen LogP contribution in [-0.2, 0) is 44.8 Å². The van der Waals surface area contributed by atoms with Crippen LogP contribution in [-0.4, -0.2) is 108 Å². The van der Waals surface area contributed by atoms with Crippen molar-refractivity contribution in [1.29, 1.82) is 0 Å². The fourth-order valence-corrected chi connectivity index (χ4v) is 5.01. The average molecular weight is 661 g/mol. The third-order valence-electron chi connectivity index (χ3n) is 7.60. The fourth-order valence-electron chi connectivity index (χ4n) is 5.01. The first kappa shape index (κ1) is 38.7. The first-order valence-electron chi connectivity index (χ1n) is 15.7. The minimum Gasteiger partial charge on any atom is -0.465 e. The molecule has 1 saturated heterocycles. The number of benzene rings is 1. The number of carbonyl (C=O) groups excluding carboxylic acids is 7. The van der Waals surface area contributed by atoms with Gasteiger partial charge in [-0.15, -0.1) is 0 Å². The van der Waals surface area contributed by atoms with Gasteiger partial charge in [0, 0.05) is 12.6 Å². The minimum absolute atomic E-state index is 0.0324. The standard InChI is InChI=1S/C32H48N6O9/c1-7-46-25(40)16-34-28(41)21(5)35-30(43)27(26(33)19(2)3)38(17-20(4)39)31(44)22(6)36-29(42)24-14-11-15-37(24)32(45)47-18-23-12-9-8-10-13-23/h8-10,12-13,19,21-22,24,26-27H,7,11,14-18,33H2,1-6H3,(H,34,41)(H,35,43)(H,36,42)/t21-,22-,24-,26?,27-/m0/s1. The summed E-state index contributed by atoms with van der Waals surface area (Å²) in [6.45, 7) is 8.66. The molecule has 5 amide bonds. The Balaban J connectivity index is 2.18. The number of nitrogens with one attached hydrogen (secondary N) is 3. The Bertz CT molecular complexity index is 1270. The first-order valence-corrected chi connectivity index (χ1v) is 15.7. The molecule has 1 aromatic carbocycles. The molecule has 0 radical (unpaired) electrons. The van der Waals surface area contributed by atoms with Crippen LogP contribution in [0.5, 0.6) is 0 Å². The maximum Gasteiger partial charge on any atom is 0.410 e. The van der Waals surface area contributed by atoms with Crippen LogP contribution in [0.15, 0.2) is 30.3 Å². The first-order chi connectivity index (χ1) is 22.2. The molecule has 15 heteroatoms. The van der Waals surface area contributed by atoms with E-state index < -0.39 is 84.8 Å². The van der Waals surface area contributed by atoms with Crippen LogP contribution in [0.4, 0.5) is 4.79 Å². The maximum atomic E-state index is 13.8. The topological polar surface area (TPSA) is 207 Å². The van der Waals surface area contributed by atoms with Crippen LogP contribution < -0.4 is 21.7 Å². The predicted octanol–water partition coefficient (Wildman–Crippen LogP) is 0.246. The van der Waals surface area contributed by atoms with E-state index in [1.54, 1.807) is 20.8 Å². The molecule has 260 valence electrons. The summed E-state index contributed by atoms with van der Waals surface area (Å²) >= 11 is 0. The van der Waals surface area contributed by atoms with Crippen molar-refractivity contribution in [3.8, 4) is 0 Å². The van der Waals surface area contributed by atoms with Gasteiger partial charge in [-0.25, -0.2) is 4.79 Å². The molecule has 1 fully saturated rings. The summed E-state index contributed by atoms with van der Waals surface area (Å²) in [5, 5.41) is 7.50. The van der Waals surface area contributed by atoms with Crippen LogP contribution in [0, 0.1) is 5.92 Å². The number of nitrogens with zero attached hydrogens (tertiary/aromatic N) is 2. The number of carbonyl (C=O) groups is 7. The zero-order valence-electron chi connectivity index (χ0n) is 27.9. The Morgan fingerprint density at radius 2 is 1.62 bits per heavy atom. The van der Waals surface area contributed by atoms with Crippen molar-refractivity contribution in [1.82, 2.24) is 25.8 Å². The van der Waals surface area contributed by atoms with Crippen molar-refractivity contribution in [2.24, 2.45) is 11.7 Å². The van der Waals surface area contributed by atoms with Gasteiger partial charge < -0.3 is 36.1 Å². The Labute approximate surface area is 275 Å². The van der Waals surface area contributed by atoms with E-state index in [9.17, 15) is 33.6 Å². The second-order valence-electron chi connectivity index (χ2n) is 11.8. The minimum atomic E-state index is -1.40. The lowest BCUT2D eigenvalue weighted by Crippen LogP contribution is -2.64. The summed E-state index contributed by atoms with van der Waals surface area (Å²) in [5.41, 5.74) is 7.20. The second-order valence-corrected chi connectivity index (χ2v) is 11.8. The highest BCUT2D eigenvalue weighted by atomic mass is 16.6. The number of nitrogens with two attached hydrogens (primary N) is 1. The number of ketones is 1. The smallest absolute Gasteiger partial charge is 0.410 e. The Kier molecular flexibility index (Phi) is 15.3. The van der Waals surface area contributed by atoms with Gasteiger partial charge in [-0.1, -0.05) is 44.2 Å². The number of hydrogen-bond donors (Lipinski definition) is 4. The molecule has 0 aromatic heterocycles. The molecule has 1 aromatic rings. The van der Waals surface area contributed by atoms with Gasteiger partial charge in [-0.05, 0) is 52.0 Å². The molecular formula is C32H48N6O9. The average Bonchev–Trinajstić information content (AvgIpc) is 3.52. The maximum absolute atomic E-state index is 13.8. The lowest BCUT2D eigenvalue weighted by molar-refractivity contribution is -0.147. The van der Waals surface area contributed by atoms with E-state index in [1.807, 2.05) is 30.3 Å². The van der Waals surface area contributed by atoms with Gasteiger partial charge in [0.25, 0.3) is 0 Å². The molecule has 5 atom stereocenters. The molecule has 5 N–H and O–H groups in total. The van der Waals surface area contributed by atoms with Gasteiger partial charge in [0.2, 0.25) is 23.6 Å². The lowest BCUT2D eigenvalue weighted by Gasteiger charge is -2.37. The fraction of sp³-hybridized carbons (Fsp3) is 0.594. The van der Waals surface area contributed by atoms with Crippen LogP contribution >= 0.6 is 0 Å². The van der Waals surface area contributed by atoms with E-state index >= 15 is 0 Å². The highest BCUT2D eigenvalue weighted by molar-refractivity contribution is 5.97. The number of Topliss-reactive ketones (excluding diaryl/α,β-unsaturated/α-hetero) is 1. The summed E-state index contributed by atoms with van der Waals surface area (Å²) in [5.74, 6) is -4.30. The van der Waals surface area contributed by atoms with Crippen LogP contribution in [0.3, 0.4) is 0 Å². The zero-order valence-corrected chi connectivity index (χ0v) is 27.9. The summed E-state index contributed by atoms with van der Waals surface area (Å²) in [4.78, 5) is 92.4. The third-order valence-corrected chi connectivity index (χ3v) is 7.60. The number of rotatable bonds is 16. The van der Waals surface area contributed by atoms with E-state index in [-0.39, 0.29) is 19.1 Å². The van der Waals surface area contributed by atoms with Crippen LogP contribution in [0.2, 0.25) is 0 Å². The van der Waals surface area contributed by atoms with Crippen molar-refractivity contribution in [3.05, 3.63) is 35.9 Å². The predicted molar refractivity (Wildman–Crippen MR) is 170 cm³/mol. The SMILES string of the molecule is CCOC(=O)CNC(=O)[C@H](C)NC(=O)[C@H](C(N)C(C)C)N(CC(C)=O)C(=O)[C@H](C)NC(=O)[C@@H]1CCCN1C(=O)OCc1ccccc1. The number of amides is 5. The van der Waals surface area contributed by atoms with Crippen LogP contribution in [0.25, 0.3) is 0 Å². The number of hydrogen-bond acceptors (Lipinski definition) is 10. The summed E-state index contributed by atoms with van der Waals surface area (Å²) in [7, 11) is 0. The molecule has 0 bridgehead atoms. The quantitative estimate of drug-likeness (QED) is 0.178. The molecular weight excluding hydrogens is 612 g/mol. The number of likely N-dealkylation sites (tertiary alicyclic amines) is 1. The third kappa shape index (κ3) is 11.6. The Morgan fingerprint density at radius 3 is 2.21 bits per heavy atom. The van der Waals surface area contributed by atoms with E-state index in [0.29, 0.717) is 19.4 Å². The van der Waals surface area contributed by atoms with Gasteiger partial charge in [0.1, 0.15) is 43.1 Å². The Hall–Kier alpha value is -4.53. The zero-order chi connectivity index (χ0) is 35.3. The molecule has 47 heavy (non-hydrogen) atoms. The molecule has 1 heterocycles. The summed E-state index contributed by atoms with van der Waals surface area (Å²) < 4.78 is 10.2. The molecule has 15 nitrogen and oxygen atoms in total. The van der Waals surface area contributed by atoms with Gasteiger partial charge in [0.15, 0.2) is 0 Å². The van der Waals surface area contributed by atoms with Crippen molar-refractivity contribution in [2.45, 2.75) is 91.2 Å². The molecule has 0 aliphatic carbocycles. The number of esters is 1. The molecule has 1 unspecified atom stereocenters. The van der Waals surface area contributed by atoms with Gasteiger partial charge in [-0.3, -0.25) is 33.7 Å². The lowest BCUT2D eigenvalue weighted by atomic mass is 9.94. The van der Waals surface area contributed by atoms with Gasteiger partial charge in [0.05, 0.1) is 13.2 Å². The van der Waals surface area contributed by atoms with E-state index in [4.69, 9.17) is 15.2 Å².